The van der Waals surface area contributed by atoms with Gasteiger partial charge in [0.15, 0.2) is 5.78 Å². The van der Waals surface area contributed by atoms with Gasteiger partial charge in [-0.15, -0.1) is 0 Å². The Morgan fingerprint density at radius 2 is 1.92 bits per heavy atom. The van der Waals surface area contributed by atoms with E-state index in [2.05, 4.69) is 20.8 Å². The Kier molecular flexibility index (Phi) is 4.64. The number of carbonyl (C=O) groups excluding carboxylic acids is 2. The molecule has 0 aromatic heterocycles. The number of fused-ring (bicyclic) bond motifs is 3. The van der Waals surface area contributed by atoms with Crippen LogP contribution in [0.3, 0.4) is 0 Å². The third-order valence-corrected chi connectivity index (χ3v) is 7.85. The molecule has 0 aliphatic heterocycles. The number of ether oxygens (including phenoxy) is 1. The molecule has 3 aliphatic rings. The van der Waals surface area contributed by atoms with Gasteiger partial charge < -0.3 is 9.84 Å². The van der Waals surface area contributed by atoms with Crippen molar-refractivity contribution < 1.29 is 19.4 Å². The van der Waals surface area contributed by atoms with E-state index in [0.717, 1.165) is 25.7 Å². The molecule has 140 valence electrons. The van der Waals surface area contributed by atoms with Crippen LogP contribution in [0.5, 0.6) is 0 Å². The summed E-state index contributed by atoms with van der Waals surface area (Å²) in [5.41, 5.74) is 0.0411. The smallest absolute Gasteiger partial charge is 0.333 e. The van der Waals surface area contributed by atoms with Crippen LogP contribution in [0.2, 0.25) is 0 Å². The molecule has 4 heteroatoms. The second-order valence-corrected chi connectivity index (χ2v) is 9.37. The van der Waals surface area contributed by atoms with Gasteiger partial charge in [-0.1, -0.05) is 27.2 Å². The number of hydrogen-bond donors (Lipinski definition) is 1. The summed E-state index contributed by atoms with van der Waals surface area (Å²) in [6.45, 7) is 6.93. The first-order valence-electron chi connectivity index (χ1n) is 9.65. The van der Waals surface area contributed by atoms with Crippen LogP contribution in [0.1, 0.15) is 65.7 Å². The summed E-state index contributed by atoms with van der Waals surface area (Å²) in [6, 6.07) is 0. The largest absolute Gasteiger partial charge is 0.466 e. The highest BCUT2D eigenvalue weighted by molar-refractivity contribution is 6.03. The molecule has 3 rings (SSSR count). The first-order valence-corrected chi connectivity index (χ1v) is 9.65. The minimum absolute atomic E-state index is 0.0395. The van der Waals surface area contributed by atoms with Gasteiger partial charge in [0.05, 0.1) is 19.1 Å². The Labute approximate surface area is 151 Å². The maximum Gasteiger partial charge on any atom is 0.333 e. The minimum atomic E-state index is -0.728. The molecule has 0 saturated heterocycles. The minimum Gasteiger partial charge on any atom is -0.466 e. The van der Waals surface area contributed by atoms with Gasteiger partial charge in [-0.25, -0.2) is 4.79 Å². The Bertz CT molecular complexity index is 605. The zero-order valence-corrected chi connectivity index (χ0v) is 16.1. The molecule has 0 radical (unpaired) electrons. The normalized spacial score (nSPS) is 40.4. The maximum atomic E-state index is 13.2. The lowest BCUT2D eigenvalue weighted by molar-refractivity contribution is -0.164. The summed E-state index contributed by atoms with van der Waals surface area (Å²) < 4.78 is 4.86. The molecule has 2 fully saturated rings. The first kappa shape index (κ1) is 18.6. The van der Waals surface area contributed by atoms with Crippen LogP contribution in [0.15, 0.2) is 11.6 Å². The number of ketones is 1. The molecule has 25 heavy (non-hydrogen) atoms. The van der Waals surface area contributed by atoms with Gasteiger partial charge in [-0.2, -0.15) is 0 Å². The van der Waals surface area contributed by atoms with Crippen molar-refractivity contribution in [2.24, 2.45) is 28.1 Å². The topological polar surface area (TPSA) is 63.6 Å². The van der Waals surface area contributed by atoms with E-state index in [1.165, 1.54) is 26.0 Å². The number of aliphatic hydroxyl groups is 1. The van der Waals surface area contributed by atoms with E-state index in [0.29, 0.717) is 17.9 Å². The highest BCUT2D eigenvalue weighted by atomic mass is 16.5. The number of esters is 1. The monoisotopic (exact) mass is 348 g/mol. The van der Waals surface area contributed by atoms with Crippen molar-refractivity contribution in [2.45, 2.75) is 65.7 Å². The number of allylic oxidation sites excluding steroid dienone is 1. The molecule has 0 unspecified atom stereocenters. The number of carbonyl (C=O) groups is 2. The summed E-state index contributed by atoms with van der Waals surface area (Å²) in [5, 5.41) is 10.3. The molecule has 1 N–H and O–H groups in total. The van der Waals surface area contributed by atoms with Crippen LogP contribution in [0.25, 0.3) is 0 Å². The molecule has 0 aromatic rings. The molecular formula is C21H32O4. The summed E-state index contributed by atoms with van der Waals surface area (Å²) >= 11 is 0. The second-order valence-electron chi connectivity index (χ2n) is 9.37. The van der Waals surface area contributed by atoms with Gasteiger partial charge in [0.25, 0.3) is 0 Å². The van der Waals surface area contributed by atoms with Crippen molar-refractivity contribution in [3.8, 4) is 0 Å². The van der Waals surface area contributed by atoms with Crippen molar-refractivity contribution in [1.29, 1.82) is 0 Å². The van der Waals surface area contributed by atoms with Crippen molar-refractivity contribution in [2.75, 3.05) is 13.7 Å². The van der Waals surface area contributed by atoms with Crippen LogP contribution >= 0.6 is 0 Å². The van der Waals surface area contributed by atoms with Gasteiger partial charge in [-0.3, -0.25) is 4.79 Å². The quantitative estimate of drug-likeness (QED) is 0.773. The third-order valence-electron chi connectivity index (χ3n) is 7.85. The summed E-state index contributed by atoms with van der Waals surface area (Å²) in [5.74, 6) is 0.201. The third kappa shape index (κ3) is 2.68. The number of aliphatic hydroxyl groups excluding tert-OH is 1. The average molecular weight is 348 g/mol. The van der Waals surface area contributed by atoms with E-state index in [-0.39, 0.29) is 29.1 Å². The maximum absolute atomic E-state index is 13.2. The number of rotatable bonds is 2. The molecule has 0 spiro atoms. The first-order chi connectivity index (χ1) is 11.7. The SMILES string of the molecule is COC(=O)C1=CC(=O)[C@]2(CO)CC[C@H]3C(C)(C)CCC[C@]3(C)[C@H]2CC1. The lowest BCUT2D eigenvalue weighted by atomic mass is 9.42. The zero-order chi connectivity index (χ0) is 18.5. The van der Waals surface area contributed by atoms with Crippen LogP contribution in [0.4, 0.5) is 0 Å². The Morgan fingerprint density at radius 3 is 2.56 bits per heavy atom. The predicted octanol–water partition coefficient (Wildman–Crippen LogP) is 3.67. The Hall–Kier alpha value is -1.16. The van der Waals surface area contributed by atoms with Gasteiger partial charge in [0.1, 0.15) is 0 Å². The molecule has 2 saturated carbocycles. The highest BCUT2D eigenvalue weighted by Crippen LogP contribution is 2.66. The summed E-state index contributed by atoms with van der Waals surface area (Å²) in [4.78, 5) is 25.2. The van der Waals surface area contributed by atoms with E-state index in [1.54, 1.807) is 0 Å². The van der Waals surface area contributed by atoms with E-state index >= 15 is 0 Å². The molecule has 0 bridgehead atoms. The zero-order valence-electron chi connectivity index (χ0n) is 16.1. The second kappa shape index (κ2) is 6.22. The van der Waals surface area contributed by atoms with Gasteiger partial charge in [-0.05, 0) is 67.3 Å². The van der Waals surface area contributed by atoms with Gasteiger partial charge in [0, 0.05) is 5.57 Å². The van der Waals surface area contributed by atoms with Gasteiger partial charge in [0.2, 0.25) is 0 Å². The Morgan fingerprint density at radius 1 is 1.20 bits per heavy atom. The van der Waals surface area contributed by atoms with E-state index in [1.807, 2.05) is 0 Å². The lowest BCUT2D eigenvalue weighted by Crippen LogP contribution is -2.58. The fourth-order valence-electron chi connectivity index (χ4n) is 6.65. The lowest BCUT2D eigenvalue weighted by Gasteiger charge is -2.62. The van der Waals surface area contributed by atoms with Crippen LogP contribution < -0.4 is 0 Å². The standard InChI is InChI=1S/C21H32O4/c1-19(2)9-5-10-20(3)15(19)8-11-21(13-22)16(20)7-6-14(12-17(21)23)18(24)25-4/h12,15-16,22H,5-11,13H2,1-4H3/t15-,16+,20-,21-/m0/s1. The van der Waals surface area contributed by atoms with Crippen molar-refractivity contribution in [3.63, 3.8) is 0 Å². The highest BCUT2D eigenvalue weighted by Gasteiger charge is 2.61. The van der Waals surface area contributed by atoms with Crippen LogP contribution in [-0.4, -0.2) is 30.6 Å². The fourth-order valence-corrected chi connectivity index (χ4v) is 6.65. The molecule has 4 atom stereocenters. The molecular weight excluding hydrogens is 316 g/mol. The molecule has 3 aliphatic carbocycles. The number of methoxy groups -OCH3 is 1. The number of hydrogen-bond acceptors (Lipinski definition) is 4. The average Bonchev–Trinajstić information content (AvgIpc) is 2.71. The van der Waals surface area contributed by atoms with Crippen LogP contribution in [0, 0.1) is 28.1 Å². The van der Waals surface area contributed by atoms with Crippen LogP contribution in [-0.2, 0) is 14.3 Å². The van der Waals surface area contributed by atoms with E-state index in [4.69, 9.17) is 4.74 Å². The van der Waals surface area contributed by atoms with Gasteiger partial charge >= 0.3 is 5.97 Å². The van der Waals surface area contributed by atoms with Crippen molar-refractivity contribution in [1.82, 2.24) is 0 Å². The molecule has 0 aromatic carbocycles. The van der Waals surface area contributed by atoms with Crippen molar-refractivity contribution >= 4 is 11.8 Å². The Balaban J connectivity index is 2.04. The molecule has 4 nitrogen and oxygen atoms in total. The molecule has 0 amide bonds. The predicted molar refractivity (Wildman–Crippen MR) is 95.8 cm³/mol. The fraction of sp³-hybridized carbons (Fsp3) is 0.810. The molecule has 0 heterocycles. The summed E-state index contributed by atoms with van der Waals surface area (Å²) in [6.07, 6.45) is 8.02. The summed E-state index contributed by atoms with van der Waals surface area (Å²) in [7, 11) is 1.36. The van der Waals surface area contributed by atoms with Crippen molar-refractivity contribution in [3.05, 3.63) is 11.6 Å². The van der Waals surface area contributed by atoms with E-state index in [9.17, 15) is 14.7 Å². The van der Waals surface area contributed by atoms with E-state index < -0.39 is 11.4 Å².